The Morgan fingerprint density at radius 3 is 2.50 bits per heavy atom. The van der Waals surface area contributed by atoms with Gasteiger partial charge in [0, 0.05) is 18.9 Å². The number of aliphatic carboxylic acids is 1. The molecule has 0 amide bonds. The van der Waals surface area contributed by atoms with Gasteiger partial charge < -0.3 is 44.8 Å². The summed E-state index contributed by atoms with van der Waals surface area (Å²) in [6.45, 7) is 2.65. The van der Waals surface area contributed by atoms with Crippen molar-refractivity contribution in [3.8, 4) is 11.5 Å². The minimum absolute atomic E-state index is 0.128. The summed E-state index contributed by atoms with van der Waals surface area (Å²) in [5, 5.41) is 58.8. The number of aryl methyl sites for hydroxylation is 1. The van der Waals surface area contributed by atoms with Crippen LogP contribution in [0, 0.1) is 0 Å². The zero-order valence-electron chi connectivity index (χ0n) is 16.8. The summed E-state index contributed by atoms with van der Waals surface area (Å²) in [5.41, 5.74) is 0.204. The van der Waals surface area contributed by atoms with Crippen molar-refractivity contribution in [1.29, 1.82) is 0 Å². The van der Waals surface area contributed by atoms with Gasteiger partial charge in [-0.1, -0.05) is 0 Å². The molecule has 0 aromatic heterocycles. The first-order valence-corrected chi connectivity index (χ1v) is 9.75. The van der Waals surface area contributed by atoms with Gasteiger partial charge in [0.2, 0.25) is 6.29 Å². The summed E-state index contributed by atoms with van der Waals surface area (Å²) in [6.07, 6.45) is -7.38. The molecule has 0 spiro atoms. The third-order valence-corrected chi connectivity index (χ3v) is 5.41. The number of carbonyl (C=O) groups is 1. The molecule has 10 heteroatoms. The molecule has 2 aliphatic heterocycles. The lowest BCUT2D eigenvalue weighted by Gasteiger charge is -2.39. The number of carboxylic acids is 1. The smallest absolute Gasteiger partial charge is 0.303 e. The lowest BCUT2D eigenvalue weighted by atomic mass is 9.95. The molecular formula is C20H28O10. The Bertz CT molecular complexity index is 772. The van der Waals surface area contributed by atoms with Crippen molar-refractivity contribution in [2.45, 2.75) is 75.5 Å². The van der Waals surface area contributed by atoms with Gasteiger partial charge in [-0.15, -0.1) is 0 Å². The number of hydrogen-bond donors (Lipinski definition) is 6. The lowest BCUT2D eigenvalue weighted by Crippen LogP contribution is -2.60. The van der Waals surface area contributed by atoms with Crippen molar-refractivity contribution in [2.24, 2.45) is 0 Å². The van der Waals surface area contributed by atoms with Gasteiger partial charge in [-0.3, -0.25) is 4.79 Å². The van der Waals surface area contributed by atoms with Gasteiger partial charge >= 0.3 is 5.97 Å². The van der Waals surface area contributed by atoms with Crippen LogP contribution in [0.2, 0.25) is 0 Å². The second-order valence-corrected chi connectivity index (χ2v) is 8.24. The van der Waals surface area contributed by atoms with Crippen LogP contribution in [0.15, 0.2) is 12.1 Å². The molecule has 2 heterocycles. The number of rotatable bonds is 7. The van der Waals surface area contributed by atoms with E-state index in [0.29, 0.717) is 17.7 Å². The van der Waals surface area contributed by atoms with Gasteiger partial charge in [-0.05, 0) is 37.5 Å². The number of hydrogen-bond acceptors (Lipinski definition) is 9. The predicted molar refractivity (Wildman–Crippen MR) is 101 cm³/mol. The lowest BCUT2D eigenvalue weighted by molar-refractivity contribution is -0.277. The van der Waals surface area contributed by atoms with Gasteiger partial charge in [-0.2, -0.15) is 0 Å². The maximum absolute atomic E-state index is 11.1. The van der Waals surface area contributed by atoms with Gasteiger partial charge in [-0.25, -0.2) is 0 Å². The standard InChI is InChI=1S/C20H28O10/c1-20(2,27)14-6-10-5-9(3-4-15(22)23)11(7-12(10)28-14)29-19-18(26)17(25)16(24)13(8-21)30-19/h5,7,13-14,16-19,21,24-27H,3-4,6,8H2,1-2H3,(H,22,23)/t13-,14?,16-,17+,18-,19-/m1/s1. The average molecular weight is 428 g/mol. The molecule has 3 rings (SSSR count). The van der Waals surface area contributed by atoms with Crippen LogP contribution in [-0.4, -0.2) is 85.6 Å². The molecule has 0 saturated carbocycles. The third kappa shape index (κ3) is 4.69. The van der Waals surface area contributed by atoms with Crippen LogP contribution in [0.5, 0.6) is 11.5 Å². The Morgan fingerprint density at radius 2 is 1.90 bits per heavy atom. The van der Waals surface area contributed by atoms with E-state index in [-0.39, 0.29) is 18.6 Å². The van der Waals surface area contributed by atoms with E-state index in [1.807, 2.05) is 0 Å². The third-order valence-electron chi connectivity index (χ3n) is 5.41. The molecule has 1 aromatic rings. The molecule has 10 nitrogen and oxygen atoms in total. The summed E-state index contributed by atoms with van der Waals surface area (Å²) >= 11 is 0. The number of benzene rings is 1. The zero-order valence-corrected chi connectivity index (χ0v) is 16.8. The molecule has 1 aromatic carbocycles. The van der Waals surface area contributed by atoms with E-state index in [1.54, 1.807) is 19.9 Å². The molecule has 0 radical (unpaired) electrons. The molecule has 1 unspecified atom stereocenters. The molecule has 6 N–H and O–H groups in total. The van der Waals surface area contributed by atoms with Gasteiger partial charge in [0.25, 0.3) is 0 Å². The highest BCUT2D eigenvalue weighted by Crippen LogP contribution is 2.39. The van der Waals surface area contributed by atoms with Crippen LogP contribution in [0.1, 0.15) is 31.4 Å². The first-order chi connectivity index (χ1) is 14.0. The highest BCUT2D eigenvalue weighted by atomic mass is 16.7. The van der Waals surface area contributed by atoms with Crippen LogP contribution in [0.3, 0.4) is 0 Å². The average Bonchev–Trinajstić information content (AvgIpc) is 3.09. The first-order valence-electron chi connectivity index (χ1n) is 9.75. The summed E-state index contributed by atoms with van der Waals surface area (Å²) in [5.74, 6) is -0.378. The maximum Gasteiger partial charge on any atom is 0.303 e. The van der Waals surface area contributed by atoms with E-state index < -0.39 is 55.0 Å². The normalized spacial score (nSPS) is 31.2. The van der Waals surface area contributed by atoms with Crippen LogP contribution in [0.4, 0.5) is 0 Å². The molecule has 0 aliphatic carbocycles. The van der Waals surface area contributed by atoms with Crippen molar-refractivity contribution >= 4 is 5.97 Å². The van der Waals surface area contributed by atoms with Gasteiger partial charge in [0.15, 0.2) is 0 Å². The van der Waals surface area contributed by atoms with Crippen molar-refractivity contribution < 1.29 is 49.6 Å². The summed E-state index contributed by atoms with van der Waals surface area (Å²) < 4.78 is 16.9. The SMILES string of the molecule is CC(C)(O)C1Cc2cc(CCC(=O)O)c(O[C@@H]3O[C@H](CO)[C@@H](O)[C@H](O)[C@H]3O)cc2O1. The fourth-order valence-corrected chi connectivity index (χ4v) is 3.55. The van der Waals surface area contributed by atoms with Crippen molar-refractivity contribution in [3.05, 3.63) is 23.3 Å². The van der Waals surface area contributed by atoms with E-state index >= 15 is 0 Å². The van der Waals surface area contributed by atoms with Gasteiger partial charge in [0.05, 0.1) is 12.2 Å². The number of fused-ring (bicyclic) bond motifs is 1. The summed E-state index contributed by atoms with van der Waals surface area (Å²) in [4.78, 5) is 11.1. The van der Waals surface area contributed by atoms with Crippen LogP contribution < -0.4 is 9.47 Å². The molecular weight excluding hydrogens is 400 g/mol. The van der Waals surface area contributed by atoms with E-state index in [1.165, 1.54) is 6.07 Å². The van der Waals surface area contributed by atoms with E-state index in [9.17, 15) is 30.3 Å². The summed E-state index contributed by atoms with van der Waals surface area (Å²) in [7, 11) is 0. The van der Waals surface area contributed by atoms with Crippen LogP contribution >= 0.6 is 0 Å². The van der Waals surface area contributed by atoms with Crippen molar-refractivity contribution in [3.63, 3.8) is 0 Å². The fraction of sp³-hybridized carbons (Fsp3) is 0.650. The Hall–Kier alpha value is -1.95. The first kappa shape index (κ1) is 22.7. The fourth-order valence-electron chi connectivity index (χ4n) is 3.55. The van der Waals surface area contributed by atoms with Crippen LogP contribution in [0.25, 0.3) is 0 Å². The highest BCUT2D eigenvalue weighted by molar-refractivity contribution is 5.67. The van der Waals surface area contributed by atoms with Gasteiger partial charge in [0.1, 0.15) is 42.0 Å². The second kappa shape index (κ2) is 8.66. The Labute approximate surface area is 173 Å². The predicted octanol–water partition coefficient (Wildman–Crippen LogP) is -1.04. The molecule has 1 saturated heterocycles. The quantitative estimate of drug-likeness (QED) is 0.316. The molecule has 6 atom stereocenters. The van der Waals surface area contributed by atoms with Crippen LogP contribution in [-0.2, 0) is 22.4 Å². The van der Waals surface area contributed by atoms with Crippen molar-refractivity contribution in [1.82, 2.24) is 0 Å². The molecule has 168 valence electrons. The molecule has 30 heavy (non-hydrogen) atoms. The zero-order chi connectivity index (χ0) is 22.2. The van der Waals surface area contributed by atoms with E-state index in [4.69, 9.17) is 19.3 Å². The largest absolute Gasteiger partial charge is 0.487 e. The Kier molecular flexibility index (Phi) is 6.56. The molecule has 1 fully saturated rings. The summed E-state index contributed by atoms with van der Waals surface area (Å²) in [6, 6.07) is 3.25. The second-order valence-electron chi connectivity index (χ2n) is 8.24. The number of ether oxygens (including phenoxy) is 3. The minimum Gasteiger partial charge on any atom is -0.487 e. The van der Waals surface area contributed by atoms with Crippen molar-refractivity contribution in [2.75, 3.05) is 6.61 Å². The number of aliphatic hydroxyl groups is 5. The number of aliphatic hydroxyl groups excluding tert-OH is 4. The Balaban J connectivity index is 1.88. The molecule has 0 bridgehead atoms. The number of carboxylic acid groups (broad SMARTS) is 1. The monoisotopic (exact) mass is 428 g/mol. The minimum atomic E-state index is -1.60. The van der Waals surface area contributed by atoms with E-state index in [2.05, 4.69) is 0 Å². The Morgan fingerprint density at radius 1 is 1.20 bits per heavy atom. The molecule has 2 aliphatic rings. The highest BCUT2D eigenvalue weighted by Gasteiger charge is 2.45. The van der Waals surface area contributed by atoms with E-state index in [0.717, 1.165) is 5.56 Å². The maximum atomic E-state index is 11.1. The topological polar surface area (TPSA) is 166 Å².